The van der Waals surface area contributed by atoms with Crippen molar-refractivity contribution in [1.82, 2.24) is 0 Å². The Labute approximate surface area is 113 Å². The van der Waals surface area contributed by atoms with E-state index >= 15 is 0 Å². The first-order valence-corrected chi connectivity index (χ1v) is 7.06. The van der Waals surface area contributed by atoms with E-state index in [-0.39, 0.29) is 0 Å². The highest BCUT2D eigenvalue weighted by molar-refractivity contribution is 8.15. The van der Waals surface area contributed by atoms with Gasteiger partial charge in [0.15, 0.2) is 5.17 Å². The number of halogens is 3. The van der Waals surface area contributed by atoms with Crippen LogP contribution in [0, 0.1) is 5.92 Å². The summed E-state index contributed by atoms with van der Waals surface area (Å²) in [6.45, 7) is 0.774. The molecule has 1 N–H and O–H groups in total. The highest BCUT2D eigenvalue weighted by Gasteiger charge is 2.35. The second kappa shape index (κ2) is 4.74. The molecule has 0 amide bonds. The molecule has 1 unspecified atom stereocenters. The van der Waals surface area contributed by atoms with Gasteiger partial charge in [0, 0.05) is 10.9 Å². The Bertz CT molecular complexity index is 509. The zero-order valence-corrected chi connectivity index (χ0v) is 10.9. The maximum absolute atomic E-state index is 12.6. The van der Waals surface area contributed by atoms with Gasteiger partial charge in [-0.05, 0) is 37.0 Å². The molecule has 1 saturated carbocycles. The van der Waals surface area contributed by atoms with Crippen LogP contribution >= 0.6 is 11.8 Å². The third-order valence-corrected chi connectivity index (χ3v) is 4.56. The van der Waals surface area contributed by atoms with E-state index < -0.39 is 11.7 Å². The molecule has 0 saturated heterocycles. The SMILES string of the molecule is FC(F)(F)c1cccc(NC2=NCC(C3CC3)S2)c1. The second-order valence-corrected chi connectivity index (χ2v) is 6.07. The van der Waals surface area contributed by atoms with Crippen LogP contribution in [0.3, 0.4) is 0 Å². The normalized spacial score (nSPS) is 23.3. The van der Waals surface area contributed by atoms with Crippen molar-refractivity contribution in [3.05, 3.63) is 29.8 Å². The van der Waals surface area contributed by atoms with Crippen molar-refractivity contribution < 1.29 is 13.2 Å². The van der Waals surface area contributed by atoms with Gasteiger partial charge < -0.3 is 5.32 Å². The molecule has 1 fully saturated rings. The number of amidine groups is 1. The minimum Gasteiger partial charge on any atom is -0.335 e. The summed E-state index contributed by atoms with van der Waals surface area (Å²) in [5, 5.41) is 4.22. The molecule has 0 spiro atoms. The minimum absolute atomic E-state index is 0.442. The lowest BCUT2D eigenvalue weighted by Gasteiger charge is -2.11. The molecular formula is C13H13F3N2S. The molecule has 2 aliphatic rings. The van der Waals surface area contributed by atoms with Crippen molar-refractivity contribution in [2.24, 2.45) is 10.9 Å². The molecule has 1 atom stereocenters. The molecular weight excluding hydrogens is 273 g/mol. The van der Waals surface area contributed by atoms with Crippen LogP contribution in [-0.2, 0) is 6.18 Å². The molecule has 1 aromatic rings. The van der Waals surface area contributed by atoms with Gasteiger partial charge in [-0.3, -0.25) is 4.99 Å². The summed E-state index contributed by atoms with van der Waals surface area (Å²) in [6, 6.07) is 5.22. The summed E-state index contributed by atoms with van der Waals surface area (Å²) in [7, 11) is 0. The average Bonchev–Trinajstić information content (AvgIpc) is 3.10. The lowest BCUT2D eigenvalue weighted by molar-refractivity contribution is -0.137. The van der Waals surface area contributed by atoms with Crippen LogP contribution in [0.15, 0.2) is 29.3 Å². The fraction of sp³-hybridized carbons (Fsp3) is 0.462. The van der Waals surface area contributed by atoms with Crippen molar-refractivity contribution in [1.29, 1.82) is 0 Å². The van der Waals surface area contributed by atoms with E-state index in [1.807, 2.05) is 0 Å². The Hall–Kier alpha value is -1.17. The lowest BCUT2D eigenvalue weighted by atomic mass is 10.2. The number of aliphatic imine (C=N–C) groups is 1. The molecule has 0 aromatic heterocycles. The topological polar surface area (TPSA) is 24.4 Å². The summed E-state index contributed by atoms with van der Waals surface area (Å²) < 4.78 is 37.8. The summed E-state index contributed by atoms with van der Waals surface area (Å²) in [4.78, 5) is 4.35. The minimum atomic E-state index is -4.31. The van der Waals surface area contributed by atoms with Gasteiger partial charge in [-0.2, -0.15) is 13.2 Å². The van der Waals surface area contributed by atoms with Crippen molar-refractivity contribution in [2.45, 2.75) is 24.3 Å². The molecule has 6 heteroatoms. The number of hydrogen-bond acceptors (Lipinski definition) is 3. The maximum Gasteiger partial charge on any atom is 0.416 e. The van der Waals surface area contributed by atoms with E-state index in [4.69, 9.17) is 0 Å². The zero-order chi connectivity index (χ0) is 13.5. The number of rotatable bonds is 2. The molecule has 1 aliphatic heterocycles. The molecule has 0 bridgehead atoms. The molecule has 102 valence electrons. The Morgan fingerprint density at radius 1 is 1.26 bits per heavy atom. The molecule has 1 heterocycles. The van der Waals surface area contributed by atoms with Gasteiger partial charge in [-0.25, -0.2) is 0 Å². The number of thioether (sulfide) groups is 1. The predicted molar refractivity (Wildman–Crippen MR) is 71.5 cm³/mol. The van der Waals surface area contributed by atoms with E-state index in [0.29, 0.717) is 10.9 Å². The van der Waals surface area contributed by atoms with Gasteiger partial charge in [0.2, 0.25) is 0 Å². The van der Waals surface area contributed by atoms with E-state index in [9.17, 15) is 13.2 Å². The monoisotopic (exact) mass is 286 g/mol. The zero-order valence-electron chi connectivity index (χ0n) is 10.1. The summed E-state index contributed by atoms with van der Waals surface area (Å²) in [5.74, 6) is 0.745. The van der Waals surface area contributed by atoms with Crippen LogP contribution in [-0.4, -0.2) is 17.0 Å². The number of hydrogen-bond donors (Lipinski definition) is 1. The van der Waals surface area contributed by atoms with Crippen LogP contribution in [0.25, 0.3) is 0 Å². The van der Waals surface area contributed by atoms with Crippen LogP contribution in [0.2, 0.25) is 0 Å². The fourth-order valence-electron chi connectivity index (χ4n) is 2.07. The third-order valence-electron chi connectivity index (χ3n) is 3.27. The maximum atomic E-state index is 12.6. The van der Waals surface area contributed by atoms with Gasteiger partial charge in [-0.1, -0.05) is 17.8 Å². The molecule has 2 nitrogen and oxygen atoms in total. The van der Waals surface area contributed by atoms with Gasteiger partial charge in [0.25, 0.3) is 0 Å². The number of anilines is 1. The fourth-order valence-corrected chi connectivity index (χ4v) is 3.30. The quantitative estimate of drug-likeness (QED) is 0.888. The van der Waals surface area contributed by atoms with Crippen LogP contribution < -0.4 is 5.32 Å². The van der Waals surface area contributed by atoms with Crippen molar-refractivity contribution in [3.8, 4) is 0 Å². The molecule has 3 rings (SSSR count). The van der Waals surface area contributed by atoms with Crippen LogP contribution in [0.1, 0.15) is 18.4 Å². The largest absolute Gasteiger partial charge is 0.416 e. The van der Waals surface area contributed by atoms with E-state index in [0.717, 1.165) is 29.8 Å². The second-order valence-electron chi connectivity index (χ2n) is 4.84. The van der Waals surface area contributed by atoms with Gasteiger partial charge >= 0.3 is 6.18 Å². The van der Waals surface area contributed by atoms with Crippen LogP contribution in [0.5, 0.6) is 0 Å². The van der Waals surface area contributed by atoms with Crippen molar-refractivity contribution in [3.63, 3.8) is 0 Å². The molecule has 1 aromatic carbocycles. The summed E-state index contributed by atoms with van der Waals surface area (Å²) in [5.41, 5.74) is -0.197. The summed E-state index contributed by atoms with van der Waals surface area (Å²) in [6.07, 6.45) is -1.80. The van der Waals surface area contributed by atoms with Gasteiger partial charge in [-0.15, -0.1) is 0 Å². The first-order valence-electron chi connectivity index (χ1n) is 6.18. The Balaban J connectivity index is 1.67. The van der Waals surface area contributed by atoms with Crippen molar-refractivity contribution in [2.75, 3.05) is 11.9 Å². The molecule has 1 aliphatic carbocycles. The Morgan fingerprint density at radius 2 is 2.05 bits per heavy atom. The number of nitrogens with zero attached hydrogens (tertiary/aromatic N) is 1. The summed E-state index contributed by atoms with van der Waals surface area (Å²) >= 11 is 1.65. The lowest BCUT2D eigenvalue weighted by Crippen LogP contribution is -2.10. The highest BCUT2D eigenvalue weighted by Crippen LogP contribution is 2.42. The first kappa shape index (κ1) is 12.8. The highest BCUT2D eigenvalue weighted by atomic mass is 32.2. The molecule has 19 heavy (non-hydrogen) atoms. The van der Waals surface area contributed by atoms with Gasteiger partial charge in [0.1, 0.15) is 0 Å². The average molecular weight is 286 g/mol. The standard InChI is InChI=1S/C13H13F3N2S/c14-13(15,16)9-2-1-3-10(6-9)18-12-17-7-11(19-12)8-4-5-8/h1-3,6,8,11H,4-5,7H2,(H,17,18). The molecule has 0 radical (unpaired) electrons. The van der Waals surface area contributed by atoms with Crippen LogP contribution in [0.4, 0.5) is 18.9 Å². The number of nitrogens with one attached hydrogen (secondary N) is 1. The first-order chi connectivity index (χ1) is 9.02. The number of benzene rings is 1. The predicted octanol–water partition coefficient (Wildman–Crippen LogP) is 4.00. The van der Waals surface area contributed by atoms with E-state index in [1.165, 1.54) is 18.9 Å². The van der Waals surface area contributed by atoms with E-state index in [2.05, 4.69) is 10.3 Å². The Morgan fingerprint density at radius 3 is 2.74 bits per heavy atom. The third kappa shape index (κ3) is 3.05. The Kier molecular flexibility index (Phi) is 3.20. The van der Waals surface area contributed by atoms with Gasteiger partial charge in [0.05, 0.1) is 12.1 Å². The smallest absolute Gasteiger partial charge is 0.335 e. The van der Waals surface area contributed by atoms with E-state index in [1.54, 1.807) is 17.8 Å². The van der Waals surface area contributed by atoms with Crippen molar-refractivity contribution >= 4 is 22.6 Å². The number of alkyl halides is 3.